The second kappa shape index (κ2) is 7.18. The maximum atomic E-state index is 11.8. The van der Waals surface area contributed by atoms with Gasteiger partial charge in [0.25, 0.3) is 0 Å². The van der Waals surface area contributed by atoms with Gasteiger partial charge in [0, 0.05) is 0 Å². The molecule has 0 saturated carbocycles. The van der Waals surface area contributed by atoms with Gasteiger partial charge in [-0.3, -0.25) is 0 Å². The van der Waals surface area contributed by atoms with Crippen LogP contribution in [0.4, 0.5) is 0 Å². The molecule has 0 aliphatic carbocycles. The molecule has 2 nitrogen and oxygen atoms in total. The van der Waals surface area contributed by atoms with Crippen molar-refractivity contribution in [3.63, 3.8) is 0 Å². The number of carbonyl (C=O) groups excluding carboxylic acids is 1. The average Bonchev–Trinajstić information content (AvgIpc) is 2.47. The molecular formula is C16H15LiO2. The number of carbonyl (C=O) groups is 1. The number of esters is 1. The molecule has 1 unspecified atom stereocenters. The third kappa shape index (κ3) is 4.59. The van der Waals surface area contributed by atoms with E-state index in [0.717, 1.165) is 17.5 Å². The van der Waals surface area contributed by atoms with Crippen LogP contribution in [0.1, 0.15) is 22.3 Å². The van der Waals surface area contributed by atoms with Crippen LogP contribution in [-0.4, -0.2) is 23.7 Å². The molecule has 3 heteroatoms. The number of benzene rings is 2. The van der Waals surface area contributed by atoms with Crippen molar-refractivity contribution in [2.45, 2.75) is 17.6 Å². The van der Waals surface area contributed by atoms with E-state index in [-0.39, 0.29) is 10.7 Å². The molecule has 2 aromatic carbocycles. The number of aryl methyl sites for hydroxylation is 1. The molecule has 0 fully saturated rings. The van der Waals surface area contributed by atoms with E-state index < -0.39 is 0 Å². The molecule has 0 radical (unpaired) electrons. The molecule has 2 aromatic rings. The number of rotatable bonds is 5. The summed E-state index contributed by atoms with van der Waals surface area (Å²) >= 11 is 1.90. The van der Waals surface area contributed by atoms with Crippen LogP contribution >= 0.6 is 0 Å². The SMILES string of the molecule is [Li][CH](OC(=O)CCc1ccccc1)c1ccccc1. The molecule has 92 valence electrons. The predicted octanol–water partition coefficient (Wildman–Crippen LogP) is 3.03. The Morgan fingerprint density at radius 1 is 1.00 bits per heavy atom. The summed E-state index contributed by atoms with van der Waals surface area (Å²) in [7, 11) is 0. The van der Waals surface area contributed by atoms with Gasteiger partial charge in [0.1, 0.15) is 0 Å². The zero-order chi connectivity index (χ0) is 13.5. The van der Waals surface area contributed by atoms with E-state index in [1.165, 1.54) is 0 Å². The molecule has 1 atom stereocenters. The fraction of sp³-hybridized carbons (Fsp3) is 0.188. The Labute approximate surface area is 123 Å². The van der Waals surface area contributed by atoms with Crippen molar-refractivity contribution in [3.8, 4) is 0 Å². The molecule has 0 aromatic heterocycles. The minimum atomic E-state index is -0.190. The predicted molar refractivity (Wildman–Crippen MR) is 75.8 cm³/mol. The van der Waals surface area contributed by atoms with E-state index >= 15 is 0 Å². The maximum absolute atomic E-state index is 11.8. The third-order valence-corrected chi connectivity index (χ3v) is 3.04. The second-order valence-electron chi connectivity index (χ2n) is 4.53. The zero-order valence-corrected chi connectivity index (χ0v) is 11.1. The molecular weight excluding hydrogens is 231 g/mol. The van der Waals surface area contributed by atoms with Crippen molar-refractivity contribution in [3.05, 3.63) is 71.8 Å². The summed E-state index contributed by atoms with van der Waals surface area (Å²) < 4.78 is 5.23. The van der Waals surface area contributed by atoms with Gasteiger partial charge in [-0.25, -0.2) is 0 Å². The summed E-state index contributed by atoms with van der Waals surface area (Å²) in [5.74, 6) is -0.153. The standard InChI is InChI=1S/C16H15O2.Li/c17-16(12-11-14-7-3-1-4-8-14)18-13-15-9-5-2-6-10-15;/h1-10,13H,11-12H2;. The first-order valence-electron chi connectivity index (χ1n) is 6.54. The summed E-state index contributed by atoms with van der Waals surface area (Å²) in [6.07, 6.45) is 1.14. The molecule has 0 spiro atoms. The van der Waals surface area contributed by atoms with Gasteiger partial charge in [-0.05, 0) is 0 Å². The van der Waals surface area contributed by atoms with E-state index in [1.807, 2.05) is 78.4 Å². The van der Waals surface area contributed by atoms with Crippen molar-refractivity contribution in [2.24, 2.45) is 0 Å². The Kier molecular flexibility index (Phi) is 5.27. The van der Waals surface area contributed by atoms with E-state index in [1.54, 1.807) is 0 Å². The van der Waals surface area contributed by atoms with Crippen molar-refractivity contribution < 1.29 is 9.53 Å². The molecule has 0 amide bonds. The monoisotopic (exact) mass is 246 g/mol. The second-order valence-corrected chi connectivity index (χ2v) is 4.53. The molecule has 0 N–H and O–H groups in total. The van der Waals surface area contributed by atoms with Gasteiger partial charge in [-0.2, -0.15) is 0 Å². The van der Waals surface area contributed by atoms with Crippen LogP contribution in [0.15, 0.2) is 60.7 Å². The van der Waals surface area contributed by atoms with Gasteiger partial charge >= 0.3 is 123 Å². The van der Waals surface area contributed by atoms with E-state index in [9.17, 15) is 4.79 Å². The first kappa shape index (κ1) is 13.9. The van der Waals surface area contributed by atoms with Crippen LogP contribution in [0.3, 0.4) is 0 Å². The third-order valence-electron chi connectivity index (χ3n) is 3.04. The van der Waals surface area contributed by atoms with Crippen LogP contribution in [0.5, 0.6) is 0 Å². The van der Waals surface area contributed by atoms with E-state index in [2.05, 4.69) is 0 Å². The Hall–Kier alpha value is -1.49. The summed E-state index contributed by atoms with van der Waals surface area (Å²) in [6.45, 7) is 0. The van der Waals surface area contributed by atoms with Crippen LogP contribution in [0.2, 0.25) is 0 Å². The van der Waals surface area contributed by atoms with Crippen LogP contribution in [0, 0.1) is 0 Å². The van der Waals surface area contributed by atoms with Crippen LogP contribution in [0.25, 0.3) is 0 Å². The van der Waals surface area contributed by atoms with E-state index in [4.69, 9.17) is 4.74 Å². The van der Waals surface area contributed by atoms with Crippen LogP contribution < -0.4 is 0 Å². The summed E-state index contributed by atoms with van der Waals surface area (Å²) in [5, 5.41) is 0. The Bertz CT molecular complexity index is 511. The topological polar surface area (TPSA) is 26.3 Å². The van der Waals surface area contributed by atoms with Gasteiger partial charge in [0.15, 0.2) is 0 Å². The van der Waals surface area contributed by atoms with Gasteiger partial charge in [0.2, 0.25) is 0 Å². The zero-order valence-electron chi connectivity index (χ0n) is 11.1. The summed E-state index contributed by atoms with van der Waals surface area (Å²) in [4.78, 5) is 11.8. The summed E-state index contributed by atoms with van der Waals surface area (Å²) in [6, 6.07) is 19.8. The fourth-order valence-corrected chi connectivity index (χ4v) is 1.94. The Morgan fingerprint density at radius 3 is 2.21 bits per heavy atom. The van der Waals surface area contributed by atoms with Gasteiger partial charge < -0.3 is 0 Å². The minimum absolute atomic E-state index is 0.153. The van der Waals surface area contributed by atoms with Gasteiger partial charge in [0.05, 0.1) is 0 Å². The Balaban J connectivity index is 1.82. The molecule has 2 rings (SSSR count). The quantitative estimate of drug-likeness (QED) is 0.598. The number of hydrogen-bond acceptors (Lipinski definition) is 2. The van der Waals surface area contributed by atoms with Gasteiger partial charge in [-0.15, -0.1) is 0 Å². The molecule has 0 bridgehead atoms. The van der Waals surface area contributed by atoms with Crippen molar-refractivity contribution in [1.29, 1.82) is 0 Å². The fourth-order valence-electron chi connectivity index (χ4n) is 1.94. The van der Waals surface area contributed by atoms with Gasteiger partial charge in [-0.1, -0.05) is 0 Å². The summed E-state index contributed by atoms with van der Waals surface area (Å²) in [5.41, 5.74) is 2.18. The van der Waals surface area contributed by atoms with E-state index in [0.29, 0.717) is 6.42 Å². The van der Waals surface area contributed by atoms with Crippen molar-refractivity contribution in [2.75, 3.05) is 0 Å². The number of hydrogen-bond donors (Lipinski definition) is 0. The first-order valence-corrected chi connectivity index (χ1v) is 6.54. The molecule has 19 heavy (non-hydrogen) atoms. The molecule has 0 saturated heterocycles. The first-order chi connectivity index (χ1) is 9.25. The Morgan fingerprint density at radius 2 is 1.58 bits per heavy atom. The van der Waals surface area contributed by atoms with Crippen molar-refractivity contribution in [1.82, 2.24) is 0 Å². The molecule has 0 heterocycles. The molecule has 0 aliphatic heterocycles. The van der Waals surface area contributed by atoms with Crippen LogP contribution in [-0.2, 0) is 16.0 Å². The van der Waals surface area contributed by atoms with Crippen molar-refractivity contribution >= 4 is 23.7 Å². The molecule has 0 aliphatic rings. The average molecular weight is 246 g/mol. The normalized spacial score (nSPS) is 11.9. The number of ether oxygens (including phenoxy) is 1.